The van der Waals surface area contributed by atoms with E-state index in [1.165, 1.54) is 22.3 Å². The van der Waals surface area contributed by atoms with Gasteiger partial charge in [0.25, 0.3) is 0 Å². The number of fused-ring (bicyclic) bond motifs is 1. The summed E-state index contributed by atoms with van der Waals surface area (Å²) in [7, 11) is 9.87. The van der Waals surface area contributed by atoms with Gasteiger partial charge in [0.1, 0.15) is 0 Å². The molecular formula is C14H18Cl2Zr. The van der Waals surface area contributed by atoms with Crippen LogP contribution in [0, 0.1) is 0 Å². The monoisotopic (exact) mass is 346 g/mol. The summed E-state index contributed by atoms with van der Waals surface area (Å²) in [6, 6.07) is 6.69. The maximum atomic E-state index is 4.93. The average Bonchev–Trinajstić information content (AvgIpc) is 2.56. The summed E-state index contributed by atoms with van der Waals surface area (Å²) in [5, 5.41) is 0. The second-order valence-electron chi connectivity index (χ2n) is 5.37. The van der Waals surface area contributed by atoms with Gasteiger partial charge in [-0.1, -0.05) is 50.6 Å². The fraction of sp³-hybridized carbons (Fsp3) is 0.429. The van der Waals surface area contributed by atoms with Crippen molar-refractivity contribution in [3.63, 3.8) is 0 Å². The molecule has 17 heavy (non-hydrogen) atoms. The van der Waals surface area contributed by atoms with E-state index in [-0.39, 0.29) is 5.41 Å². The van der Waals surface area contributed by atoms with Crippen molar-refractivity contribution in [3.8, 4) is 0 Å². The van der Waals surface area contributed by atoms with Crippen molar-refractivity contribution in [2.75, 3.05) is 0 Å². The number of rotatable bonds is 0. The molecule has 0 aliphatic heterocycles. The Labute approximate surface area is 123 Å². The number of hydrogen-bond donors (Lipinski definition) is 0. The van der Waals surface area contributed by atoms with Crippen molar-refractivity contribution in [1.82, 2.24) is 0 Å². The van der Waals surface area contributed by atoms with E-state index in [1.807, 2.05) is 0 Å². The van der Waals surface area contributed by atoms with Gasteiger partial charge in [-0.15, -0.1) is 0 Å². The molecule has 0 N–H and O–H groups in total. The molecule has 0 aromatic heterocycles. The van der Waals surface area contributed by atoms with Crippen LogP contribution >= 0.6 is 17.0 Å². The van der Waals surface area contributed by atoms with Gasteiger partial charge in [0, 0.05) is 0 Å². The summed E-state index contributed by atoms with van der Waals surface area (Å²) < 4.78 is 0. The van der Waals surface area contributed by atoms with Gasteiger partial charge in [-0.3, -0.25) is 0 Å². The van der Waals surface area contributed by atoms with Gasteiger partial charge in [0.15, 0.2) is 0 Å². The van der Waals surface area contributed by atoms with Crippen molar-refractivity contribution in [1.29, 1.82) is 0 Å². The van der Waals surface area contributed by atoms with Crippen molar-refractivity contribution in [2.45, 2.75) is 39.5 Å². The third-order valence-corrected chi connectivity index (χ3v) is 2.86. The molecule has 0 nitrogen and oxygen atoms in total. The summed E-state index contributed by atoms with van der Waals surface area (Å²) in [6.07, 6.45) is 3.48. The average molecular weight is 348 g/mol. The van der Waals surface area contributed by atoms with E-state index in [4.69, 9.17) is 17.0 Å². The van der Waals surface area contributed by atoms with Gasteiger partial charge in [0.05, 0.1) is 0 Å². The first-order chi connectivity index (χ1) is 7.90. The van der Waals surface area contributed by atoms with E-state index < -0.39 is 20.8 Å². The van der Waals surface area contributed by atoms with Gasteiger partial charge in [-0.25, -0.2) is 0 Å². The molecule has 1 aromatic carbocycles. The van der Waals surface area contributed by atoms with Crippen LogP contribution in [0.5, 0.6) is 0 Å². The van der Waals surface area contributed by atoms with Gasteiger partial charge < -0.3 is 0 Å². The number of allylic oxidation sites excluding steroid dienone is 1. The molecule has 0 spiro atoms. The van der Waals surface area contributed by atoms with E-state index in [0.717, 1.165) is 6.42 Å². The molecule has 1 aliphatic carbocycles. The minimum absolute atomic E-state index is 0.256. The summed E-state index contributed by atoms with van der Waals surface area (Å²) in [6.45, 7) is 9.06. The molecule has 0 bridgehead atoms. The first kappa shape index (κ1) is 15.5. The zero-order chi connectivity index (χ0) is 13.1. The molecule has 0 saturated heterocycles. The van der Waals surface area contributed by atoms with Crippen LogP contribution < -0.4 is 0 Å². The topological polar surface area (TPSA) is 0 Å². The number of hydrogen-bond acceptors (Lipinski definition) is 0. The Balaban J connectivity index is 0.000000437. The molecule has 0 heterocycles. The SMILES string of the molecule is CC1=Cc2c(cccc2C(C)(C)C)C1.[Cl][Zr][Cl]. The van der Waals surface area contributed by atoms with Gasteiger partial charge in [-0.2, -0.15) is 0 Å². The van der Waals surface area contributed by atoms with Crippen LogP contribution in [0.15, 0.2) is 23.8 Å². The van der Waals surface area contributed by atoms with Crippen LogP contribution in [0.4, 0.5) is 0 Å². The molecule has 92 valence electrons. The summed E-state index contributed by atoms with van der Waals surface area (Å²) in [5.74, 6) is 0. The van der Waals surface area contributed by atoms with Gasteiger partial charge in [0.2, 0.25) is 0 Å². The third-order valence-electron chi connectivity index (χ3n) is 2.86. The zero-order valence-electron chi connectivity index (χ0n) is 10.8. The summed E-state index contributed by atoms with van der Waals surface area (Å²) in [4.78, 5) is 0. The Morgan fingerprint density at radius 3 is 2.29 bits per heavy atom. The first-order valence-corrected chi connectivity index (χ1v) is 12.0. The van der Waals surface area contributed by atoms with E-state index in [0.29, 0.717) is 0 Å². The Kier molecular flexibility index (Phi) is 5.96. The Morgan fingerprint density at radius 1 is 1.18 bits per heavy atom. The Morgan fingerprint density at radius 2 is 1.76 bits per heavy atom. The van der Waals surface area contributed by atoms with Crippen LogP contribution in [0.2, 0.25) is 0 Å². The molecule has 3 heteroatoms. The predicted molar refractivity (Wildman–Crippen MR) is 74.2 cm³/mol. The van der Waals surface area contributed by atoms with Crippen LogP contribution in [0.1, 0.15) is 44.4 Å². The quantitative estimate of drug-likeness (QED) is 0.595. The molecule has 0 amide bonds. The van der Waals surface area contributed by atoms with Crippen molar-refractivity contribution >= 4 is 23.1 Å². The van der Waals surface area contributed by atoms with Crippen LogP contribution in [-0.2, 0) is 32.7 Å². The summed E-state index contributed by atoms with van der Waals surface area (Å²) >= 11 is -0.826. The van der Waals surface area contributed by atoms with Crippen LogP contribution in [-0.4, -0.2) is 0 Å². The second-order valence-corrected chi connectivity index (χ2v) is 9.10. The molecule has 2 rings (SSSR count). The second kappa shape index (κ2) is 6.55. The fourth-order valence-electron chi connectivity index (χ4n) is 2.19. The predicted octanol–water partition coefficient (Wildman–Crippen LogP) is 5.32. The van der Waals surface area contributed by atoms with Gasteiger partial charge in [-0.05, 0) is 35.4 Å². The summed E-state index contributed by atoms with van der Waals surface area (Å²) in [5.41, 5.74) is 6.18. The Hall–Kier alpha value is 0.423. The van der Waals surface area contributed by atoms with Crippen molar-refractivity contribution < 1.29 is 20.8 Å². The third kappa shape index (κ3) is 4.23. The van der Waals surface area contributed by atoms with Crippen LogP contribution in [0.3, 0.4) is 0 Å². The number of halogens is 2. The zero-order valence-corrected chi connectivity index (χ0v) is 14.7. The molecule has 0 fully saturated rings. The van der Waals surface area contributed by atoms with E-state index in [1.54, 1.807) is 0 Å². The van der Waals surface area contributed by atoms with E-state index in [2.05, 4.69) is 52.0 Å². The van der Waals surface area contributed by atoms with Crippen molar-refractivity contribution in [3.05, 3.63) is 40.5 Å². The fourth-order valence-corrected chi connectivity index (χ4v) is 2.19. The molecule has 0 unspecified atom stereocenters. The standard InChI is InChI=1S/C14H18.2ClH.Zr/c1-10-8-11-6-5-7-13(12(11)9-10)14(2,3)4;;;/h5-7,9H,8H2,1-4H3;2*1H;/q;;;+2/p-2. The molecule has 1 aromatic rings. The molecule has 1 aliphatic rings. The number of benzene rings is 1. The van der Waals surface area contributed by atoms with Crippen molar-refractivity contribution in [2.24, 2.45) is 0 Å². The van der Waals surface area contributed by atoms with Crippen LogP contribution in [0.25, 0.3) is 6.08 Å². The first-order valence-electron chi connectivity index (χ1n) is 5.66. The molecule has 0 saturated carbocycles. The minimum atomic E-state index is -0.826. The molecule has 0 radical (unpaired) electrons. The normalized spacial score (nSPS) is 13.4. The molecular weight excluding hydrogens is 330 g/mol. The van der Waals surface area contributed by atoms with E-state index in [9.17, 15) is 0 Å². The maximum absolute atomic E-state index is 4.93. The molecule has 0 atom stereocenters. The Bertz CT molecular complexity index is 417. The van der Waals surface area contributed by atoms with Gasteiger partial charge >= 0.3 is 37.9 Å². The van der Waals surface area contributed by atoms with E-state index >= 15 is 0 Å².